The number of ether oxygens (including phenoxy) is 1. The molecule has 0 bridgehead atoms. The number of methoxy groups -OCH3 is 1. The molecule has 2 unspecified atom stereocenters. The Bertz CT molecular complexity index is 419. The normalized spacial score (nSPS) is 23.4. The molecule has 1 fully saturated rings. The van der Waals surface area contributed by atoms with E-state index in [9.17, 15) is 0 Å². The van der Waals surface area contributed by atoms with E-state index >= 15 is 0 Å². The standard InChI is InChI=1S/C17H28N2O/c1-13(2)16-12-19(14(3)11-18-16)17-8-6-5-7-15(17)9-10-20-4/h5-8,13-14,16,18H,9-12H2,1-4H3. The fourth-order valence-corrected chi connectivity index (χ4v) is 2.89. The zero-order valence-electron chi connectivity index (χ0n) is 13.2. The first-order valence-corrected chi connectivity index (χ1v) is 7.70. The summed E-state index contributed by atoms with van der Waals surface area (Å²) in [4.78, 5) is 2.56. The number of rotatable bonds is 5. The SMILES string of the molecule is COCCc1ccccc1N1CC(C(C)C)NCC1C. The van der Waals surface area contributed by atoms with Crippen LogP contribution in [0.25, 0.3) is 0 Å². The van der Waals surface area contributed by atoms with E-state index in [0.29, 0.717) is 18.0 Å². The van der Waals surface area contributed by atoms with Crippen molar-refractivity contribution in [2.24, 2.45) is 5.92 Å². The first-order chi connectivity index (χ1) is 9.63. The van der Waals surface area contributed by atoms with Crippen LogP contribution in [0, 0.1) is 5.92 Å². The van der Waals surface area contributed by atoms with Crippen molar-refractivity contribution < 1.29 is 4.74 Å². The minimum Gasteiger partial charge on any atom is -0.384 e. The Balaban J connectivity index is 2.19. The molecule has 1 heterocycles. The molecule has 1 aliphatic heterocycles. The van der Waals surface area contributed by atoms with E-state index in [2.05, 4.69) is 55.3 Å². The summed E-state index contributed by atoms with van der Waals surface area (Å²) in [6, 6.07) is 9.86. The Morgan fingerprint density at radius 1 is 1.35 bits per heavy atom. The van der Waals surface area contributed by atoms with Crippen molar-refractivity contribution in [2.45, 2.75) is 39.3 Å². The number of benzene rings is 1. The minimum absolute atomic E-state index is 0.536. The van der Waals surface area contributed by atoms with E-state index < -0.39 is 0 Å². The van der Waals surface area contributed by atoms with Crippen LogP contribution in [0.1, 0.15) is 26.3 Å². The lowest BCUT2D eigenvalue weighted by molar-refractivity contribution is 0.202. The Morgan fingerprint density at radius 3 is 2.80 bits per heavy atom. The van der Waals surface area contributed by atoms with Crippen LogP contribution in [0.5, 0.6) is 0 Å². The molecule has 20 heavy (non-hydrogen) atoms. The third-order valence-electron chi connectivity index (χ3n) is 4.28. The average Bonchev–Trinajstić information content (AvgIpc) is 2.46. The second-order valence-electron chi connectivity index (χ2n) is 6.13. The molecule has 0 aromatic heterocycles. The summed E-state index contributed by atoms with van der Waals surface area (Å²) >= 11 is 0. The lowest BCUT2D eigenvalue weighted by Crippen LogP contribution is -2.57. The predicted octanol–water partition coefficient (Wildman–Crippen LogP) is 2.70. The molecule has 0 spiro atoms. The number of anilines is 1. The van der Waals surface area contributed by atoms with Crippen LogP contribution in [0.3, 0.4) is 0 Å². The van der Waals surface area contributed by atoms with Crippen molar-refractivity contribution in [2.75, 3.05) is 31.7 Å². The van der Waals surface area contributed by atoms with Gasteiger partial charge in [0.1, 0.15) is 0 Å². The Morgan fingerprint density at radius 2 is 2.10 bits per heavy atom. The van der Waals surface area contributed by atoms with E-state index in [1.54, 1.807) is 7.11 Å². The van der Waals surface area contributed by atoms with E-state index in [-0.39, 0.29) is 0 Å². The van der Waals surface area contributed by atoms with Crippen LogP contribution in [-0.2, 0) is 11.2 Å². The van der Waals surface area contributed by atoms with Crippen molar-refractivity contribution >= 4 is 5.69 Å². The average molecular weight is 276 g/mol. The summed E-state index contributed by atoms with van der Waals surface area (Å²) in [5.74, 6) is 0.663. The van der Waals surface area contributed by atoms with Crippen LogP contribution in [0.15, 0.2) is 24.3 Å². The molecule has 0 saturated carbocycles. The first kappa shape index (κ1) is 15.3. The minimum atomic E-state index is 0.536. The van der Waals surface area contributed by atoms with Crippen molar-refractivity contribution in [1.29, 1.82) is 0 Å². The van der Waals surface area contributed by atoms with Gasteiger partial charge in [-0.3, -0.25) is 0 Å². The number of hydrogen-bond donors (Lipinski definition) is 1. The zero-order chi connectivity index (χ0) is 14.5. The molecule has 1 aromatic rings. The van der Waals surface area contributed by atoms with Gasteiger partial charge in [0, 0.05) is 38.0 Å². The van der Waals surface area contributed by atoms with E-state index in [1.165, 1.54) is 11.3 Å². The van der Waals surface area contributed by atoms with Gasteiger partial charge < -0.3 is 15.0 Å². The first-order valence-electron chi connectivity index (χ1n) is 7.70. The molecule has 3 heteroatoms. The van der Waals surface area contributed by atoms with Crippen molar-refractivity contribution in [3.05, 3.63) is 29.8 Å². The molecule has 2 rings (SSSR count). The Labute approximate surface area is 123 Å². The molecule has 1 aromatic carbocycles. The van der Waals surface area contributed by atoms with Gasteiger partial charge in [-0.1, -0.05) is 32.0 Å². The largest absolute Gasteiger partial charge is 0.384 e. The van der Waals surface area contributed by atoms with Crippen molar-refractivity contribution in [1.82, 2.24) is 5.32 Å². The molecule has 0 amide bonds. The molecule has 0 aliphatic carbocycles. The van der Waals surface area contributed by atoms with Gasteiger partial charge in [-0.05, 0) is 30.9 Å². The smallest absolute Gasteiger partial charge is 0.0503 e. The Hall–Kier alpha value is -1.06. The molecule has 112 valence electrons. The van der Waals surface area contributed by atoms with E-state index in [4.69, 9.17) is 4.74 Å². The molecule has 1 aliphatic rings. The van der Waals surface area contributed by atoms with Gasteiger partial charge in [0.05, 0.1) is 6.61 Å². The molecule has 1 N–H and O–H groups in total. The number of nitrogens with zero attached hydrogens (tertiary/aromatic N) is 1. The quantitative estimate of drug-likeness (QED) is 0.895. The van der Waals surface area contributed by atoms with Gasteiger partial charge >= 0.3 is 0 Å². The zero-order valence-corrected chi connectivity index (χ0v) is 13.2. The van der Waals surface area contributed by atoms with Crippen LogP contribution in [0.2, 0.25) is 0 Å². The van der Waals surface area contributed by atoms with Crippen LogP contribution >= 0.6 is 0 Å². The fraction of sp³-hybridized carbons (Fsp3) is 0.647. The number of para-hydroxylation sites is 1. The Kier molecular flexibility index (Phi) is 5.44. The third-order valence-corrected chi connectivity index (χ3v) is 4.28. The third kappa shape index (κ3) is 3.53. The molecule has 0 radical (unpaired) electrons. The topological polar surface area (TPSA) is 24.5 Å². The summed E-state index contributed by atoms with van der Waals surface area (Å²) in [7, 11) is 1.77. The summed E-state index contributed by atoms with van der Waals surface area (Å²) < 4.78 is 5.24. The number of nitrogens with one attached hydrogen (secondary N) is 1. The van der Waals surface area contributed by atoms with Gasteiger partial charge in [-0.15, -0.1) is 0 Å². The maximum Gasteiger partial charge on any atom is 0.0503 e. The van der Waals surface area contributed by atoms with Crippen molar-refractivity contribution in [3.8, 4) is 0 Å². The molecular formula is C17H28N2O. The summed E-state index contributed by atoms with van der Waals surface area (Å²) in [5, 5.41) is 3.66. The summed E-state index contributed by atoms with van der Waals surface area (Å²) in [6.07, 6.45) is 0.982. The highest BCUT2D eigenvalue weighted by molar-refractivity contribution is 5.55. The molecule has 1 saturated heterocycles. The molecular weight excluding hydrogens is 248 g/mol. The van der Waals surface area contributed by atoms with Crippen LogP contribution in [0.4, 0.5) is 5.69 Å². The summed E-state index contributed by atoms with van der Waals surface area (Å²) in [5.41, 5.74) is 2.77. The second kappa shape index (κ2) is 7.09. The predicted molar refractivity (Wildman–Crippen MR) is 85.5 cm³/mol. The lowest BCUT2D eigenvalue weighted by Gasteiger charge is -2.42. The monoisotopic (exact) mass is 276 g/mol. The molecule has 2 atom stereocenters. The van der Waals surface area contributed by atoms with Crippen LogP contribution in [-0.4, -0.2) is 38.9 Å². The van der Waals surface area contributed by atoms with Crippen LogP contribution < -0.4 is 10.2 Å². The van der Waals surface area contributed by atoms with E-state index in [1.807, 2.05) is 0 Å². The lowest BCUT2D eigenvalue weighted by atomic mass is 9.98. The molecule has 3 nitrogen and oxygen atoms in total. The van der Waals surface area contributed by atoms with E-state index in [0.717, 1.165) is 26.1 Å². The fourth-order valence-electron chi connectivity index (χ4n) is 2.89. The number of piperazine rings is 1. The number of hydrogen-bond acceptors (Lipinski definition) is 3. The van der Waals surface area contributed by atoms with Gasteiger partial charge in [-0.2, -0.15) is 0 Å². The van der Waals surface area contributed by atoms with Gasteiger partial charge in [0.15, 0.2) is 0 Å². The van der Waals surface area contributed by atoms with Gasteiger partial charge in [-0.25, -0.2) is 0 Å². The van der Waals surface area contributed by atoms with Crippen molar-refractivity contribution in [3.63, 3.8) is 0 Å². The van der Waals surface area contributed by atoms with Gasteiger partial charge in [0.2, 0.25) is 0 Å². The highest BCUT2D eigenvalue weighted by atomic mass is 16.5. The maximum absolute atomic E-state index is 5.24. The highest BCUT2D eigenvalue weighted by Gasteiger charge is 2.27. The van der Waals surface area contributed by atoms with Gasteiger partial charge in [0.25, 0.3) is 0 Å². The summed E-state index contributed by atoms with van der Waals surface area (Å²) in [6.45, 7) is 9.82. The maximum atomic E-state index is 5.24. The highest BCUT2D eigenvalue weighted by Crippen LogP contribution is 2.26. The second-order valence-corrected chi connectivity index (χ2v) is 6.13.